The summed E-state index contributed by atoms with van der Waals surface area (Å²) in [7, 11) is 0. The van der Waals surface area contributed by atoms with Crippen molar-refractivity contribution in [3.63, 3.8) is 0 Å². The van der Waals surface area contributed by atoms with Crippen LogP contribution in [0.4, 0.5) is 4.39 Å². The van der Waals surface area contributed by atoms with E-state index in [9.17, 15) is 18.8 Å². The quantitative estimate of drug-likeness (QED) is 0.447. The Morgan fingerprint density at radius 1 is 1.09 bits per heavy atom. The minimum atomic E-state index is -0.511. The second-order valence-electron chi connectivity index (χ2n) is 8.52. The number of amides is 1. The lowest BCUT2D eigenvalue weighted by Crippen LogP contribution is -2.49. The maximum atomic E-state index is 14.2. The zero-order valence-corrected chi connectivity index (χ0v) is 19.3. The first kappa shape index (κ1) is 23.2. The van der Waals surface area contributed by atoms with Crippen molar-refractivity contribution < 1.29 is 18.8 Å². The fourth-order valence-corrected chi connectivity index (χ4v) is 4.82. The number of ketones is 2. The fourth-order valence-electron chi connectivity index (χ4n) is 4.63. The topological polar surface area (TPSA) is 59.4 Å². The molecule has 4 rings (SSSR count). The number of para-hydroxylation sites is 1. The lowest BCUT2D eigenvalue weighted by atomic mass is 9.94. The van der Waals surface area contributed by atoms with Gasteiger partial charge in [0.15, 0.2) is 11.6 Å². The minimum absolute atomic E-state index is 0.0401. The third-order valence-corrected chi connectivity index (χ3v) is 6.63. The van der Waals surface area contributed by atoms with E-state index in [0.29, 0.717) is 24.1 Å². The molecule has 33 heavy (non-hydrogen) atoms. The van der Waals surface area contributed by atoms with Crippen LogP contribution in [0.15, 0.2) is 48.7 Å². The van der Waals surface area contributed by atoms with Gasteiger partial charge in [-0.05, 0) is 50.3 Å². The number of hydrogen-bond donors (Lipinski definition) is 0. The number of aryl methyl sites for hydroxylation is 1. The number of halogens is 2. The van der Waals surface area contributed by atoms with Crippen molar-refractivity contribution in [3.05, 3.63) is 70.6 Å². The molecule has 1 saturated heterocycles. The largest absolute Gasteiger partial charge is 0.337 e. The SMILES string of the molecule is CC(=O)c1cn(CC(=O)N2CCCC[C@H]2C(=O)CCc2cccc(Cl)c2F)c2ccccc12. The van der Waals surface area contributed by atoms with E-state index < -0.39 is 11.9 Å². The average molecular weight is 469 g/mol. The monoisotopic (exact) mass is 468 g/mol. The Balaban J connectivity index is 1.50. The number of rotatable bonds is 7. The Hall–Kier alpha value is -2.99. The van der Waals surface area contributed by atoms with Crippen molar-refractivity contribution >= 4 is 40.0 Å². The number of benzene rings is 2. The summed E-state index contributed by atoms with van der Waals surface area (Å²) in [6.07, 6.45) is 4.41. The zero-order chi connectivity index (χ0) is 23.5. The third kappa shape index (κ3) is 4.86. The zero-order valence-electron chi connectivity index (χ0n) is 18.5. The van der Waals surface area contributed by atoms with E-state index in [2.05, 4.69) is 0 Å². The smallest absolute Gasteiger partial charge is 0.243 e. The maximum Gasteiger partial charge on any atom is 0.243 e. The van der Waals surface area contributed by atoms with E-state index >= 15 is 0 Å². The number of Topliss-reactive ketones (excluding diaryl/α,β-unsaturated/α-hetero) is 2. The summed E-state index contributed by atoms with van der Waals surface area (Å²) in [6.45, 7) is 2.08. The Kier molecular flexibility index (Phi) is 6.94. The molecular formula is C26H26ClFN2O3. The van der Waals surface area contributed by atoms with Gasteiger partial charge >= 0.3 is 0 Å². The number of fused-ring (bicyclic) bond motifs is 1. The predicted molar refractivity (Wildman–Crippen MR) is 126 cm³/mol. The summed E-state index contributed by atoms with van der Waals surface area (Å²) in [6, 6.07) is 11.7. The molecule has 0 aliphatic carbocycles. The van der Waals surface area contributed by atoms with Gasteiger partial charge in [-0.15, -0.1) is 0 Å². The van der Waals surface area contributed by atoms with Crippen LogP contribution >= 0.6 is 11.6 Å². The molecule has 172 valence electrons. The van der Waals surface area contributed by atoms with Crippen molar-refractivity contribution in [2.24, 2.45) is 0 Å². The van der Waals surface area contributed by atoms with E-state index in [1.54, 1.807) is 27.8 Å². The molecule has 1 atom stereocenters. The van der Waals surface area contributed by atoms with Crippen LogP contribution in [0.5, 0.6) is 0 Å². The molecule has 1 aliphatic heterocycles. The highest BCUT2D eigenvalue weighted by atomic mass is 35.5. The standard InChI is InChI=1S/C26H26ClFN2O3/c1-17(31)20-15-29(22-10-3-2-8-19(20)22)16-25(33)30-14-5-4-11-23(30)24(32)13-12-18-7-6-9-21(27)26(18)28/h2-3,6-10,15,23H,4-5,11-14,16H2,1H3/t23-/m0/s1. The average Bonchev–Trinajstić information content (AvgIpc) is 3.18. The summed E-state index contributed by atoms with van der Waals surface area (Å²) in [5, 5.41) is 0.853. The number of aromatic nitrogens is 1. The van der Waals surface area contributed by atoms with Crippen LogP contribution < -0.4 is 0 Å². The molecule has 1 aliphatic rings. The van der Waals surface area contributed by atoms with Gasteiger partial charge in [-0.1, -0.05) is 41.9 Å². The highest BCUT2D eigenvalue weighted by Gasteiger charge is 2.32. The molecule has 0 N–H and O–H groups in total. The van der Waals surface area contributed by atoms with Crippen molar-refractivity contribution in [2.45, 2.75) is 51.6 Å². The van der Waals surface area contributed by atoms with E-state index in [1.165, 1.54) is 13.0 Å². The van der Waals surface area contributed by atoms with Gasteiger partial charge in [0.2, 0.25) is 5.91 Å². The first-order valence-corrected chi connectivity index (χ1v) is 11.6. The summed E-state index contributed by atoms with van der Waals surface area (Å²) in [5.74, 6) is -0.775. The first-order valence-electron chi connectivity index (χ1n) is 11.2. The van der Waals surface area contributed by atoms with Gasteiger partial charge in [0.25, 0.3) is 0 Å². The van der Waals surface area contributed by atoms with Gasteiger partial charge < -0.3 is 9.47 Å². The molecule has 3 aromatic rings. The van der Waals surface area contributed by atoms with Crippen molar-refractivity contribution in [1.29, 1.82) is 0 Å². The molecule has 1 aromatic heterocycles. The Bertz CT molecular complexity index is 1220. The molecule has 0 spiro atoms. The number of nitrogens with zero attached hydrogens (tertiary/aromatic N) is 2. The molecule has 1 fully saturated rings. The molecule has 1 amide bonds. The molecule has 2 heterocycles. The second-order valence-corrected chi connectivity index (χ2v) is 8.93. The summed E-state index contributed by atoms with van der Waals surface area (Å²) in [4.78, 5) is 40.0. The Labute approximate surface area is 197 Å². The first-order chi connectivity index (χ1) is 15.9. The van der Waals surface area contributed by atoms with Crippen LogP contribution in [0, 0.1) is 5.82 Å². The fraction of sp³-hybridized carbons (Fsp3) is 0.346. The number of carbonyl (C=O) groups excluding carboxylic acids is 3. The summed E-state index contributed by atoms with van der Waals surface area (Å²) >= 11 is 5.85. The lowest BCUT2D eigenvalue weighted by molar-refractivity contribution is -0.141. The van der Waals surface area contributed by atoms with Crippen LogP contribution in [0.3, 0.4) is 0 Å². The van der Waals surface area contributed by atoms with Gasteiger partial charge in [0.1, 0.15) is 12.4 Å². The van der Waals surface area contributed by atoms with Crippen LogP contribution in [-0.4, -0.2) is 39.5 Å². The van der Waals surface area contributed by atoms with Crippen LogP contribution in [0.1, 0.15) is 48.5 Å². The molecule has 0 bridgehead atoms. The summed E-state index contributed by atoms with van der Waals surface area (Å²) in [5.41, 5.74) is 1.79. The van der Waals surface area contributed by atoms with Crippen LogP contribution in [0.2, 0.25) is 5.02 Å². The normalized spacial score (nSPS) is 16.2. The van der Waals surface area contributed by atoms with E-state index in [-0.39, 0.29) is 41.9 Å². The second kappa shape index (κ2) is 9.87. The number of carbonyl (C=O) groups is 3. The van der Waals surface area contributed by atoms with Gasteiger partial charge in [0.05, 0.1) is 11.1 Å². The highest BCUT2D eigenvalue weighted by Crippen LogP contribution is 2.25. The van der Waals surface area contributed by atoms with Gasteiger partial charge in [0, 0.05) is 35.6 Å². The molecule has 0 unspecified atom stereocenters. The molecule has 0 radical (unpaired) electrons. The molecular weight excluding hydrogens is 443 g/mol. The highest BCUT2D eigenvalue weighted by molar-refractivity contribution is 6.30. The maximum absolute atomic E-state index is 14.2. The summed E-state index contributed by atoms with van der Waals surface area (Å²) < 4.78 is 16.0. The van der Waals surface area contributed by atoms with Crippen molar-refractivity contribution in [3.8, 4) is 0 Å². The van der Waals surface area contributed by atoms with Crippen molar-refractivity contribution in [2.75, 3.05) is 6.54 Å². The molecule has 7 heteroatoms. The van der Waals surface area contributed by atoms with Crippen LogP contribution in [-0.2, 0) is 22.6 Å². The molecule has 0 saturated carbocycles. The van der Waals surface area contributed by atoms with E-state index in [1.807, 2.05) is 24.3 Å². The van der Waals surface area contributed by atoms with Gasteiger partial charge in [-0.25, -0.2) is 4.39 Å². The molecule has 5 nitrogen and oxygen atoms in total. The van der Waals surface area contributed by atoms with Crippen LogP contribution in [0.25, 0.3) is 10.9 Å². The third-order valence-electron chi connectivity index (χ3n) is 6.34. The molecule has 2 aromatic carbocycles. The van der Waals surface area contributed by atoms with E-state index in [4.69, 9.17) is 11.6 Å². The van der Waals surface area contributed by atoms with Gasteiger partial charge in [-0.2, -0.15) is 0 Å². The Morgan fingerprint density at radius 2 is 1.88 bits per heavy atom. The lowest BCUT2D eigenvalue weighted by Gasteiger charge is -2.35. The van der Waals surface area contributed by atoms with E-state index in [0.717, 1.165) is 23.7 Å². The predicted octanol–water partition coefficient (Wildman–Crippen LogP) is 5.22. The Morgan fingerprint density at radius 3 is 2.67 bits per heavy atom. The van der Waals surface area contributed by atoms with Crippen molar-refractivity contribution in [1.82, 2.24) is 9.47 Å². The number of piperidine rings is 1. The minimum Gasteiger partial charge on any atom is -0.337 e. The number of likely N-dealkylation sites (tertiary alicyclic amines) is 1. The van der Waals surface area contributed by atoms with Gasteiger partial charge in [-0.3, -0.25) is 14.4 Å². The number of hydrogen-bond acceptors (Lipinski definition) is 3.